The van der Waals surface area contributed by atoms with Gasteiger partial charge in [0.1, 0.15) is 0 Å². The lowest BCUT2D eigenvalue weighted by Crippen LogP contribution is -2.52. The molecule has 0 aliphatic carbocycles. The van der Waals surface area contributed by atoms with Crippen molar-refractivity contribution in [1.29, 1.82) is 0 Å². The maximum Gasteiger partial charge on any atom is 0.490 e. The maximum absolute atomic E-state index is 12.6. The minimum absolute atomic E-state index is 0.0901. The van der Waals surface area contributed by atoms with Gasteiger partial charge in [-0.05, 0) is 43.2 Å². The lowest BCUT2D eigenvalue weighted by atomic mass is 9.84. The first-order valence-electron chi connectivity index (χ1n) is 10.5. The van der Waals surface area contributed by atoms with E-state index in [4.69, 9.17) is 9.90 Å². The standard InChI is InChI=1S/C21H26N2OS.C2HF3O2/c1-17-4-2-5-18(14-17)15-23-20(24)7-8-21(23)9-11-22(12-10-21)16-19-6-3-13-25-19;3-2(4,5)1(6)7/h2-6,13-14H,7-12,15-16H2,1H3;(H,6,7). The highest BCUT2D eigenvalue weighted by Crippen LogP contribution is 2.40. The van der Waals surface area contributed by atoms with Gasteiger partial charge in [-0.1, -0.05) is 35.9 Å². The van der Waals surface area contributed by atoms with Crippen LogP contribution in [-0.2, 0) is 22.7 Å². The molecule has 3 heterocycles. The molecule has 4 rings (SSSR count). The molecular formula is C23H27F3N2O3S. The number of nitrogens with zero attached hydrogens (tertiary/aromatic N) is 2. The van der Waals surface area contributed by atoms with Crippen LogP contribution in [0.2, 0.25) is 0 Å². The molecule has 2 fully saturated rings. The van der Waals surface area contributed by atoms with Crippen LogP contribution in [0.15, 0.2) is 41.8 Å². The number of amides is 1. The fraction of sp³-hybridized carbons (Fsp3) is 0.478. The Morgan fingerprint density at radius 1 is 1.12 bits per heavy atom. The van der Waals surface area contributed by atoms with Crippen LogP contribution >= 0.6 is 11.3 Å². The lowest BCUT2D eigenvalue weighted by Gasteiger charge is -2.45. The largest absolute Gasteiger partial charge is 0.490 e. The zero-order chi connectivity index (χ0) is 23.4. The number of rotatable bonds is 4. The van der Waals surface area contributed by atoms with Crippen molar-refractivity contribution in [3.8, 4) is 0 Å². The van der Waals surface area contributed by atoms with Gasteiger partial charge in [-0.15, -0.1) is 11.3 Å². The summed E-state index contributed by atoms with van der Waals surface area (Å²) in [4.78, 5) is 27.7. The molecule has 2 aromatic rings. The van der Waals surface area contributed by atoms with Crippen molar-refractivity contribution in [3.05, 3.63) is 57.8 Å². The van der Waals surface area contributed by atoms with Gasteiger partial charge >= 0.3 is 12.1 Å². The van der Waals surface area contributed by atoms with Crippen LogP contribution in [0.4, 0.5) is 13.2 Å². The average Bonchev–Trinajstić information content (AvgIpc) is 3.34. The monoisotopic (exact) mass is 468 g/mol. The molecule has 1 aromatic carbocycles. The molecule has 1 aromatic heterocycles. The number of carboxylic acid groups (broad SMARTS) is 1. The van der Waals surface area contributed by atoms with E-state index < -0.39 is 12.1 Å². The molecule has 1 amide bonds. The van der Waals surface area contributed by atoms with Crippen LogP contribution in [-0.4, -0.2) is 51.6 Å². The number of likely N-dealkylation sites (tertiary alicyclic amines) is 2. The molecule has 0 unspecified atom stereocenters. The summed E-state index contributed by atoms with van der Waals surface area (Å²) in [7, 11) is 0. The first-order chi connectivity index (χ1) is 15.1. The van der Waals surface area contributed by atoms with Crippen molar-refractivity contribution >= 4 is 23.2 Å². The van der Waals surface area contributed by atoms with E-state index in [1.165, 1.54) is 16.0 Å². The van der Waals surface area contributed by atoms with E-state index in [1.807, 2.05) is 11.3 Å². The van der Waals surface area contributed by atoms with Gasteiger partial charge < -0.3 is 10.0 Å². The van der Waals surface area contributed by atoms with Crippen molar-refractivity contribution in [1.82, 2.24) is 9.80 Å². The average molecular weight is 469 g/mol. The Hall–Kier alpha value is -2.39. The van der Waals surface area contributed by atoms with Crippen LogP contribution in [0.1, 0.15) is 41.7 Å². The van der Waals surface area contributed by atoms with Crippen molar-refractivity contribution in [3.63, 3.8) is 0 Å². The van der Waals surface area contributed by atoms with E-state index in [0.29, 0.717) is 5.91 Å². The van der Waals surface area contributed by atoms with Gasteiger partial charge in [-0.2, -0.15) is 13.2 Å². The lowest BCUT2D eigenvalue weighted by molar-refractivity contribution is -0.192. The molecule has 0 saturated carbocycles. The Kier molecular flexibility index (Phi) is 7.61. The van der Waals surface area contributed by atoms with Crippen LogP contribution in [0.25, 0.3) is 0 Å². The van der Waals surface area contributed by atoms with Crippen LogP contribution in [0, 0.1) is 6.92 Å². The molecule has 0 atom stereocenters. The Morgan fingerprint density at radius 3 is 2.38 bits per heavy atom. The molecule has 174 valence electrons. The summed E-state index contributed by atoms with van der Waals surface area (Å²) in [6, 6.07) is 12.9. The third-order valence-electron chi connectivity index (χ3n) is 6.09. The van der Waals surface area contributed by atoms with E-state index in [9.17, 15) is 18.0 Å². The molecule has 1 N–H and O–H groups in total. The molecule has 1 spiro atoms. The zero-order valence-corrected chi connectivity index (χ0v) is 18.7. The predicted octanol–water partition coefficient (Wildman–Crippen LogP) is 4.85. The quantitative estimate of drug-likeness (QED) is 0.697. The topological polar surface area (TPSA) is 60.9 Å². The summed E-state index contributed by atoms with van der Waals surface area (Å²) in [5, 5.41) is 9.28. The van der Waals surface area contributed by atoms with Crippen LogP contribution in [0.5, 0.6) is 0 Å². The van der Waals surface area contributed by atoms with Gasteiger partial charge in [0.15, 0.2) is 0 Å². The summed E-state index contributed by atoms with van der Waals surface area (Å²) >= 11 is 1.84. The first kappa shape index (κ1) is 24.3. The van der Waals surface area contributed by atoms with Gasteiger partial charge in [0.05, 0.1) is 0 Å². The van der Waals surface area contributed by atoms with E-state index in [-0.39, 0.29) is 5.54 Å². The van der Waals surface area contributed by atoms with Gasteiger partial charge in [-0.25, -0.2) is 4.79 Å². The van der Waals surface area contributed by atoms with Gasteiger partial charge in [-0.3, -0.25) is 9.69 Å². The van der Waals surface area contributed by atoms with E-state index in [0.717, 1.165) is 51.9 Å². The van der Waals surface area contributed by atoms with Crippen molar-refractivity contribution in [2.75, 3.05) is 13.1 Å². The summed E-state index contributed by atoms with van der Waals surface area (Å²) in [6.07, 6.45) is -1.12. The number of halogens is 3. The molecular weight excluding hydrogens is 441 g/mol. The highest BCUT2D eigenvalue weighted by molar-refractivity contribution is 7.09. The summed E-state index contributed by atoms with van der Waals surface area (Å²) in [5.41, 5.74) is 2.62. The SMILES string of the molecule is Cc1cccc(CN2C(=O)CCC23CCN(Cc2cccs2)CC3)c1.O=C(O)C(F)(F)F. The number of aliphatic carboxylic acids is 1. The van der Waals surface area contributed by atoms with Crippen molar-refractivity contribution in [2.45, 2.75) is 57.4 Å². The van der Waals surface area contributed by atoms with Crippen molar-refractivity contribution < 1.29 is 27.9 Å². The minimum Gasteiger partial charge on any atom is -0.475 e. The Bertz CT molecular complexity index is 923. The number of piperidine rings is 1. The number of hydrogen-bond donors (Lipinski definition) is 1. The third-order valence-corrected chi connectivity index (χ3v) is 6.95. The van der Waals surface area contributed by atoms with Gasteiger partial charge in [0, 0.05) is 43.0 Å². The Morgan fingerprint density at radius 2 is 1.81 bits per heavy atom. The second kappa shape index (κ2) is 10.0. The molecule has 2 aliphatic rings. The molecule has 5 nitrogen and oxygen atoms in total. The number of carboxylic acids is 1. The maximum atomic E-state index is 12.6. The highest BCUT2D eigenvalue weighted by atomic mass is 32.1. The van der Waals surface area contributed by atoms with Gasteiger partial charge in [0.25, 0.3) is 0 Å². The van der Waals surface area contributed by atoms with E-state index in [2.05, 4.69) is 58.5 Å². The second-order valence-corrected chi connectivity index (χ2v) is 9.38. The first-order valence-corrected chi connectivity index (χ1v) is 11.4. The van der Waals surface area contributed by atoms with Crippen LogP contribution in [0.3, 0.4) is 0 Å². The number of carbonyl (C=O) groups excluding carboxylic acids is 1. The molecule has 0 radical (unpaired) electrons. The van der Waals surface area contributed by atoms with Gasteiger partial charge in [0.2, 0.25) is 5.91 Å². The highest BCUT2D eigenvalue weighted by Gasteiger charge is 2.46. The molecule has 2 saturated heterocycles. The number of benzene rings is 1. The van der Waals surface area contributed by atoms with E-state index in [1.54, 1.807) is 0 Å². The van der Waals surface area contributed by atoms with E-state index >= 15 is 0 Å². The number of alkyl halides is 3. The molecule has 32 heavy (non-hydrogen) atoms. The number of aryl methyl sites for hydroxylation is 1. The second-order valence-electron chi connectivity index (χ2n) is 8.35. The molecule has 2 aliphatic heterocycles. The Balaban J connectivity index is 0.000000360. The molecule has 0 bridgehead atoms. The van der Waals surface area contributed by atoms with Crippen molar-refractivity contribution in [2.24, 2.45) is 0 Å². The predicted molar refractivity (Wildman–Crippen MR) is 116 cm³/mol. The fourth-order valence-electron chi connectivity index (χ4n) is 4.39. The fourth-order valence-corrected chi connectivity index (χ4v) is 5.14. The third kappa shape index (κ3) is 6.10. The molecule has 9 heteroatoms. The zero-order valence-electron chi connectivity index (χ0n) is 17.9. The minimum atomic E-state index is -5.08. The van der Waals surface area contributed by atoms with Crippen LogP contribution < -0.4 is 0 Å². The summed E-state index contributed by atoms with van der Waals surface area (Å²) in [5.74, 6) is -2.42. The normalized spacial score (nSPS) is 18.5. The summed E-state index contributed by atoms with van der Waals surface area (Å²) in [6.45, 7) is 6.13. The summed E-state index contributed by atoms with van der Waals surface area (Å²) < 4.78 is 31.7. The number of hydrogen-bond acceptors (Lipinski definition) is 4. The number of carbonyl (C=O) groups is 2. The Labute approximate surface area is 189 Å². The number of thiophene rings is 1. The smallest absolute Gasteiger partial charge is 0.475 e.